The van der Waals surface area contributed by atoms with Crippen LogP contribution in [0.2, 0.25) is 0 Å². The molecule has 0 spiro atoms. The maximum Gasteiger partial charge on any atom is 0.184 e. The van der Waals surface area contributed by atoms with Gasteiger partial charge in [-0.1, -0.05) is 0 Å². The third kappa shape index (κ3) is 3.02. The standard InChI is InChI=1S/C16H16FN5OS/c1-8(23)12-4-5-13(24-12)16-18-7-10(17)15(20-16)19-14-6-11(21-22-14)9-2-3-9/h4-9,23H,2-3H2,1H3,(H2,18,19,20,21,22)/t8-/m0/s1. The number of aromatic amines is 1. The van der Waals surface area contributed by atoms with E-state index in [1.165, 1.54) is 11.3 Å². The zero-order chi connectivity index (χ0) is 16.7. The average molecular weight is 345 g/mol. The number of H-pyrrole nitrogens is 1. The molecule has 1 aliphatic rings. The van der Waals surface area contributed by atoms with Crippen molar-refractivity contribution in [3.63, 3.8) is 0 Å². The second kappa shape index (κ2) is 5.95. The Hall–Kier alpha value is -2.32. The minimum atomic E-state index is -0.549. The van der Waals surface area contributed by atoms with E-state index < -0.39 is 11.9 Å². The molecular formula is C16H16FN5OS. The van der Waals surface area contributed by atoms with E-state index in [9.17, 15) is 9.50 Å². The zero-order valence-electron chi connectivity index (χ0n) is 13.0. The first-order valence-electron chi connectivity index (χ1n) is 7.73. The molecule has 1 aliphatic carbocycles. The van der Waals surface area contributed by atoms with Gasteiger partial charge in [0.1, 0.15) is 0 Å². The van der Waals surface area contributed by atoms with E-state index in [4.69, 9.17) is 0 Å². The molecule has 0 aliphatic heterocycles. The molecule has 4 rings (SSSR count). The molecule has 0 bridgehead atoms. The first kappa shape index (κ1) is 15.2. The molecule has 124 valence electrons. The van der Waals surface area contributed by atoms with Crippen molar-refractivity contribution in [2.45, 2.75) is 31.8 Å². The van der Waals surface area contributed by atoms with Gasteiger partial charge >= 0.3 is 0 Å². The highest BCUT2D eigenvalue weighted by Crippen LogP contribution is 2.39. The SMILES string of the molecule is C[C@H](O)c1ccc(-c2ncc(F)c(Nc3cc(C4CC4)[nH]n3)n2)s1. The Labute approximate surface area is 141 Å². The van der Waals surface area contributed by atoms with Crippen LogP contribution >= 0.6 is 11.3 Å². The van der Waals surface area contributed by atoms with Crippen LogP contribution < -0.4 is 5.32 Å². The van der Waals surface area contributed by atoms with Crippen LogP contribution in [0.5, 0.6) is 0 Å². The van der Waals surface area contributed by atoms with E-state index in [0.717, 1.165) is 34.5 Å². The molecule has 6 nitrogen and oxygen atoms in total. The fraction of sp³-hybridized carbons (Fsp3) is 0.312. The van der Waals surface area contributed by atoms with E-state index in [0.29, 0.717) is 17.6 Å². The van der Waals surface area contributed by atoms with Crippen LogP contribution in [0.3, 0.4) is 0 Å². The number of aliphatic hydroxyl groups excluding tert-OH is 1. The van der Waals surface area contributed by atoms with Gasteiger partial charge in [-0.15, -0.1) is 11.3 Å². The van der Waals surface area contributed by atoms with Crippen molar-refractivity contribution in [2.24, 2.45) is 0 Å². The molecule has 3 heterocycles. The molecule has 0 saturated heterocycles. The first-order valence-corrected chi connectivity index (χ1v) is 8.55. The fourth-order valence-corrected chi connectivity index (χ4v) is 3.28. The average Bonchev–Trinajstić information content (AvgIpc) is 3.10. The van der Waals surface area contributed by atoms with Gasteiger partial charge in [0.2, 0.25) is 0 Å². The number of thiophene rings is 1. The maximum atomic E-state index is 14.0. The Morgan fingerprint density at radius 1 is 1.42 bits per heavy atom. The first-order chi connectivity index (χ1) is 11.6. The summed E-state index contributed by atoms with van der Waals surface area (Å²) in [6.07, 6.45) is 2.92. The highest BCUT2D eigenvalue weighted by molar-refractivity contribution is 7.15. The Morgan fingerprint density at radius 2 is 2.25 bits per heavy atom. The molecule has 1 saturated carbocycles. The van der Waals surface area contributed by atoms with Crippen molar-refractivity contribution >= 4 is 23.0 Å². The molecular weight excluding hydrogens is 329 g/mol. The molecule has 0 radical (unpaired) electrons. The molecule has 8 heteroatoms. The van der Waals surface area contributed by atoms with Gasteiger partial charge in [0.15, 0.2) is 23.3 Å². The third-order valence-corrected chi connectivity index (χ3v) is 5.12. The number of nitrogens with zero attached hydrogens (tertiary/aromatic N) is 3. The summed E-state index contributed by atoms with van der Waals surface area (Å²) in [5.74, 6) is 1.04. The molecule has 1 atom stereocenters. The van der Waals surface area contributed by atoms with Gasteiger partial charge in [-0.25, -0.2) is 14.4 Å². The van der Waals surface area contributed by atoms with E-state index in [-0.39, 0.29) is 5.82 Å². The summed E-state index contributed by atoms with van der Waals surface area (Å²) in [5.41, 5.74) is 1.06. The van der Waals surface area contributed by atoms with Gasteiger partial charge in [-0.2, -0.15) is 5.10 Å². The van der Waals surface area contributed by atoms with Crippen LogP contribution in [-0.4, -0.2) is 25.3 Å². The van der Waals surface area contributed by atoms with Crippen LogP contribution in [0, 0.1) is 5.82 Å². The van der Waals surface area contributed by atoms with Crippen LogP contribution in [0.4, 0.5) is 16.0 Å². The van der Waals surface area contributed by atoms with E-state index in [1.807, 2.05) is 18.2 Å². The van der Waals surface area contributed by atoms with Gasteiger partial charge in [0.25, 0.3) is 0 Å². The number of rotatable bonds is 5. The van der Waals surface area contributed by atoms with Crippen LogP contribution in [-0.2, 0) is 0 Å². The molecule has 0 amide bonds. The normalized spacial score (nSPS) is 15.5. The summed E-state index contributed by atoms with van der Waals surface area (Å²) < 4.78 is 14.0. The van der Waals surface area contributed by atoms with Gasteiger partial charge < -0.3 is 10.4 Å². The number of hydrogen-bond acceptors (Lipinski definition) is 6. The van der Waals surface area contributed by atoms with Crippen LogP contribution in [0.15, 0.2) is 24.4 Å². The van der Waals surface area contributed by atoms with Crippen molar-refractivity contribution in [3.05, 3.63) is 40.8 Å². The van der Waals surface area contributed by atoms with Crippen molar-refractivity contribution in [1.29, 1.82) is 0 Å². The smallest absolute Gasteiger partial charge is 0.184 e. The topological polar surface area (TPSA) is 86.7 Å². The monoisotopic (exact) mass is 345 g/mol. The fourth-order valence-electron chi connectivity index (χ4n) is 2.40. The van der Waals surface area contributed by atoms with Gasteiger partial charge in [0, 0.05) is 22.6 Å². The van der Waals surface area contributed by atoms with E-state index in [2.05, 4.69) is 25.5 Å². The van der Waals surface area contributed by atoms with Crippen molar-refractivity contribution in [3.8, 4) is 10.7 Å². The Morgan fingerprint density at radius 3 is 2.96 bits per heavy atom. The lowest BCUT2D eigenvalue weighted by Crippen LogP contribution is -2.00. The predicted molar refractivity (Wildman–Crippen MR) is 89.8 cm³/mol. The van der Waals surface area contributed by atoms with Gasteiger partial charge in [0.05, 0.1) is 17.2 Å². The largest absolute Gasteiger partial charge is 0.388 e. The lowest BCUT2D eigenvalue weighted by atomic mass is 10.3. The summed E-state index contributed by atoms with van der Waals surface area (Å²) in [4.78, 5) is 9.89. The predicted octanol–water partition coefficient (Wildman–Crippen LogP) is 3.74. The molecule has 0 aromatic carbocycles. The van der Waals surface area contributed by atoms with E-state index in [1.54, 1.807) is 6.92 Å². The van der Waals surface area contributed by atoms with Crippen LogP contribution in [0.1, 0.15) is 42.4 Å². The number of aliphatic hydroxyl groups is 1. The number of hydrogen-bond donors (Lipinski definition) is 3. The zero-order valence-corrected chi connectivity index (χ0v) is 13.8. The summed E-state index contributed by atoms with van der Waals surface area (Å²) in [5, 5.41) is 19.6. The summed E-state index contributed by atoms with van der Waals surface area (Å²) in [7, 11) is 0. The highest BCUT2D eigenvalue weighted by atomic mass is 32.1. The molecule has 3 aromatic rings. The minimum Gasteiger partial charge on any atom is -0.388 e. The quantitative estimate of drug-likeness (QED) is 0.656. The number of halogens is 1. The Balaban J connectivity index is 1.60. The second-order valence-electron chi connectivity index (χ2n) is 5.88. The Bertz CT molecular complexity index is 871. The number of nitrogens with one attached hydrogen (secondary N) is 2. The summed E-state index contributed by atoms with van der Waals surface area (Å²) >= 11 is 1.38. The van der Waals surface area contributed by atoms with E-state index >= 15 is 0 Å². The van der Waals surface area contributed by atoms with Crippen molar-refractivity contribution < 1.29 is 9.50 Å². The summed E-state index contributed by atoms with van der Waals surface area (Å²) in [6, 6.07) is 5.53. The van der Waals surface area contributed by atoms with Crippen molar-refractivity contribution in [1.82, 2.24) is 20.2 Å². The molecule has 0 unspecified atom stereocenters. The maximum absolute atomic E-state index is 14.0. The minimum absolute atomic E-state index is 0.0841. The Kier molecular flexibility index (Phi) is 3.78. The van der Waals surface area contributed by atoms with Crippen LogP contribution in [0.25, 0.3) is 10.7 Å². The molecule has 1 fully saturated rings. The molecule has 3 N–H and O–H groups in total. The summed E-state index contributed by atoms with van der Waals surface area (Å²) in [6.45, 7) is 1.70. The van der Waals surface area contributed by atoms with Gasteiger partial charge in [-0.3, -0.25) is 5.10 Å². The lowest BCUT2D eigenvalue weighted by molar-refractivity contribution is 0.203. The second-order valence-corrected chi connectivity index (χ2v) is 6.99. The molecule has 3 aromatic heterocycles. The molecule has 24 heavy (non-hydrogen) atoms. The van der Waals surface area contributed by atoms with Gasteiger partial charge in [-0.05, 0) is 31.9 Å². The highest BCUT2D eigenvalue weighted by Gasteiger charge is 2.25. The van der Waals surface area contributed by atoms with Crippen molar-refractivity contribution in [2.75, 3.05) is 5.32 Å². The number of anilines is 2. The lowest BCUT2D eigenvalue weighted by Gasteiger charge is -2.05. The number of aromatic nitrogens is 4. The third-order valence-electron chi connectivity index (χ3n) is 3.86.